The molecule has 1 N–H and O–H groups in total. The minimum Gasteiger partial charge on any atom is -0.483 e. The van der Waals surface area contributed by atoms with Gasteiger partial charge < -0.3 is 5.11 Å². The van der Waals surface area contributed by atoms with Crippen molar-refractivity contribution in [3.8, 4) is 0 Å². The summed E-state index contributed by atoms with van der Waals surface area (Å²) in [6.07, 6.45) is 22.1. The lowest BCUT2D eigenvalue weighted by atomic mass is 10.0. The fourth-order valence-corrected chi connectivity index (χ4v) is 2.78. The third-order valence-corrected chi connectivity index (χ3v) is 4.17. The molecule has 0 amide bonds. The van der Waals surface area contributed by atoms with E-state index < -0.39 is 0 Å². The van der Waals surface area contributed by atoms with E-state index in [1.807, 2.05) is 0 Å². The number of hydrogen-bond acceptors (Lipinski definition) is 2. The zero-order chi connectivity index (χ0) is 18.1. The molecule has 0 aromatic rings. The molecule has 0 bridgehead atoms. The topological polar surface area (TPSA) is 86.1 Å². The third kappa shape index (κ3) is 28.9. The lowest BCUT2D eigenvalue weighted by Crippen LogP contribution is -1.84. The van der Waals surface area contributed by atoms with Crippen molar-refractivity contribution in [2.75, 3.05) is 6.54 Å². The van der Waals surface area contributed by atoms with Crippen molar-refractivity contribution in [1.82, 2.24) is 0 Å². The van der Waals surface area contributed by atoms with Crippen LogP contribution in [0, 0.1) is 0 Å². The van der Waals surface area contributed by atoms with Gasteiger partial charge in [-0.3, -0.25) is 4.79 Å². The van der Waals surface area contributed by atoms with Crippen LogP contribution in [0.15, 0.2) is 5.11 Å². The first-order chi connectivity index (χ1) is 11.8. The van der Waals surface area contributed by atoms with E-state index in [2.05, 4.69) is 16.9 Å². The highest BCUT2D eigenvalue weighted by Crippen LogP contribution is 2.13. The van der Waals surface area contributed by atoms with Gasteiger partial charge in [0.25, 0.3) is 6.47 Å². The van der Waals surface area contributed by atoms with Crippen LogP contribution in [0.5, 0.6) is 0 Å². The lowest BCUT2D eigenvalue weighted by Gasteiger charge is -2.03. The SMILES string of the molecule is CCCCCCCCCCCCCCCCCCN=[N+]=[N-].O=CO. The highest BCUT2D eigenvalue weighted by molar-refractivity contribution is 5.32. The number of azide groups is 1. The molecule has 5 heteroatoms. The van der Waals surface area contributed by atoms with E-state index in [-0.39, 0.29) is 6.47 Å². The van der Waals surface area contributed by atoms with E-state index >= 15 is 0 Å². The van der Waals surface area contributed by atoms with Crippen molar-refractivity contribution in [2.45, 2.75) is 110 Å². The maximum atomic E-state index is 8.36. The number of carbonyl (C=O) groups is 1. The summed E-state index contributed by atoms with van der Waals surface area (Å²) in [5.41, 5.74) is 8.15. The van der Waals surface area contributed by atoms with Crippen LogP contribution in [-0.2, 0) is 4.79 Å². The molecule has 0 aliphatic carbocycles. The summed E-state index contributed by atoms with van der Waals surface area (Å²) >= 11 is 0. The van der Waals surface area contributed by atoms with Crippen molar-refractivity contribution in [3.63, 3.8) is 0 Å². The summed E-state index contributed by atoms with van der Waals surface area (Å²) in [5, 5.41) is 10.4. The molecule has 0 saturated carbocycles. The number of unbranched alkanes of at least 4 members (excludes halogenated alkanes) is 15. The molecule has 0 saturated heterocycles. The average Bonchev–Trinajstić information content (AvgIpc) is 2.58. The summed E-state index contributed by atoms with van der Waals surface area (Å²) in [4.78, 5) is 11.1. The number of hydrogen-bond donors (Lipinski definition) is 1. The fraction of sp³-hybridized carbons (Fsp3) is 0.947. The first-order valence-electron chi connectivity index (χ1n) is 9.92. The lowest BCUT2D eigenvalue weighted by molar-refractivity contribution is -0.122. The monoisotopic (exact) mass is 341 g/mol. The number of rotatable bonds is 17. The summed E-state index contributed by atoms with van der Waals surface area (Å²) in [5.74, 6) is 0. The van der Waals surface area contributed by atoms with Gasteiger partial charge in [-0.25, -0.2) is 0 Å². The van der Waals surface area contributed by atoms with Crippen LogP contribution in [0.1, 0.15) is 110 Å². The molecule has 0 aromatic carbocycles. The Morgan fingerprint density at radius 3 is 1.33 bits per heavy atom. The van der Waals surface area contributed by atoms with Crippen LogP contribution >= 0.6 is 0 Å². The van der Waals surface area contributed by atoms with Crippen LogP contribution in [0.3, 0.4) is 0 Å². The molecular weight excluding hydrogens is 302 g/mol. The molecule has 142 valence electrons. The average molecular weight is 342 g/mol. The molecule has 0 rings (SSSR count). The van der Waals surface area contributed by atoms with Gasteiger partial charge in [-0.15, -0.1) is 0 Å². The van der Waals surface area contributed by atoms with Crippen molar-refractivity contribution in [3.05, 3.63) is 10.4 Å². The van der Waals surface area contributed by atoms with Gasteiger partial charge in [0.2, 0.25) is 0 Å². The van der Waals surface area contributed by atoms with Gasteiger partial charge in [-0.1, -0.05) is 108 Å². The maximum absolute atomic E-state index is 8.36. The summed E-state index contributed by atoms with van der Waals surface area (Å²) in [6, 6.07) is 0. The minimum absolute atomic E-state index is 0.250. The van der Waals surface area contributed by atoms with Crippen LogP contribution in [-0.4, -0.2) is 18.1 Å². The summed E-state index contributed by atoms with van der Waals surface area (Å²) < 4.78 is 0. The molecule has 0 radical (unpaired) electrons. The molecule has 5 nitrogen and oxygen atoms in total. The Morgan fingerprint density at radius 2 is 1.04 bits per heavy atom. The normalized spacial score (nSPS) is 9.71. The van der Waals surface area contributed by atoms with Crippen molar-refractivity contribution in [2.24, 2.45) is 5.11 Å². The second kappa shape index (κ2) is 26.7. The first-order valence-corrected chi connectivity index (χ1v) is 9.92. The van der Waals surface area contributed by atoms with E-state index in [0.717, 1.165) is 6.42 Å². The molecule has 0 atom stereocenters. The van der Waals surface area contributed by atoms with Crippen LogP contribution in [0.4, 0.5) is 0 Å². The van der Waals surface area contributed by atoms with Crippen LogP contribution in [0.2, 0.25) is 0 Å². The summed E-state index contributed by atoms with van der Waals surface area (Å²) in [7, 11) is 0. The molecule has 0 aromatic heterocycles. The van der Waals surface area contributed by atoms with Gasteiger partial charge >= 0.3 is 0 Å². The van der Waals surface area contributed by atoms with Gasteiger partial charge in [0.05, 0.1) is 0 Å². The molecule has 0 heterocycles. The van der Waals surface area contributed by atoms with E-state index in [0.29, 0.717) is 6.54 Å². The fourth-order valence-electron chi connectivity index (χ4n) is 2.78. The van der Waals surface area contributed by atoms with E-state index in [9.17, 15) is 0 Å². The predicted octanol–water partition coefficient (Wildman–Crippen LogP) is 7.26. The minimum atomic E-state index is -0.250. The Morgan fingerprint density at radius 1 is 0.750 bits per heavy atom. The number of nitrogens with zero attached hydrogens (tertiary/aromatic N) is 3. The van der Waals surface area contributed by atoms with Gasteiger partial charge in [-0.05, 0) is 12.0 Å². The second-order valence-electron chi connectivity index (χ2n) is 6.36. The molecule has 0 spiro atoms. The Kier molecular flexibility index (Phi) is 27.8. The molecule has 0 aliphatic heterocycles. The smallest absolute Gasteiger partial charge is 0.290 e. The Bertz CT molecular complexity index is 280. The molecular formula is C19H39N3O2. The van der Waals surface area contributed by atoms with E-state index in [4.69, 9.17) is 15.4 Å². The van der Waals surface area contributed by atoms with Crippen molar-refractivity contribution in [1.29, 1.82) is 0 Å². The second-order valence-corrected chi connectivity index (χ2v) is 6.36. The largest absolute Gasteiger partial charge is 0.483 e. The van der Waals surface area contributed by atoms with Crippen molar-refractivity contribution < 1.29 is 9.90 Å². The number of carboxylic acid groups (broad SMARTS) is 1. The standard InChI is InChI=1S/C18H37N3.CH2O2/c1-2-3-4-5-6-7-8-9-10-11-12-13-14-15-16-17-18-20-21-19;2-1-3/h2-18H2,1H3;1H,(H,2,3). The third-order valence-electron chi connectivity index (χ3n) is 4.17. The quantitative estimate of drug-likeness (QED) is 0.0992. The summed E-state index contributed by atoms with van der Waals surface area (Å²) in [6.45, 7) is 2.71. The van der Waals surface area contributed by atoms with Gasteiger partial charge in [0.15, 0.2) is 0 Å². The van der Waals surface area contributed by atoms with Gasteiger partial charge in [-0.2, -0.15) is 0 Å². The Balaban J connectivity index is 0. The van der Waals surface area contributed by atoms with Crippen LogP contribution in [0.25, 0.3) is 10.4 Å². The zero-order valence-corrected chi connectivity index (χ0v) is 15.8. The zero-order valence-electron chi connectivity index (χ0n) is 15.8. The van der Waals surface area contributed by atoms with E-state index in [1.54, 1.807) is 0 Å². The predicted molar refractivity (Wildman–Crippen MR) is 102 cm³/mol. The maximum Gasteiger partial charge on any atom is 0.290 e. The highest BCUT2D eigenvalue weighted by atomic mass is 16.3. The van der Waals surface area contributed by atoms with Crippen molar-refractivity contribution >= 4 is 6.47 Å². The molecule has 0 fully saturated rings. The van der Waals surface area contributed by atoms with Gasteiger partial charge in [0.1, 0.15) is 0 Å². The highest BCUT2D eigenvalue weighted by Gasteiger charge is 1.94. The molecule has 24 heavy (non-hydrogen) atoms. The molecule has 0 aliphatic rings. The first kappa shape index (κ1) is 25.0. The van der Waals surface area contributed by atoms with Gasteiger partial charge in [0, 0.05) is 11.5 Å². The Hall–Kier alpha value is -1.22. The molecule has 0 unspecified atom stereocenters. The van der Waals surface area contributed by atoms with Crippen LogP contribution < -0.4 is 0 Å². The van der Waals surface area contributed by atoms with E-state index in [1.165, 1.54) is 96.3 Å². The Labute approximate surface area is 148 Å².